The molecule has 0 bridgehead atoms. The van der Waals surface area contributed by atoms with Crippen LogP contribution in [0.3, 0.4) is 0 Å². The van der Waals surface area contributed by atoms with Crippen LogP contribution in [0.2, 0.25) is 0 Å². The second-order valence-corrected chi connectivity index (χ2v) is 19.0. The zero-order chi connectivity index (χ0) is 48.3. The number of esters is 4. The fraction of sp³-hybridized carbons (Fsp3) is 0.556. The molecule has 4 aromatic carbocycles. The molecule has 0 unspecified atom stereocenters. The summed E-state index contributed by atoms with van der Waals surface area (Å²) in [7, 11) is 0. The van der Waals surface area contributed by atoms with Crippen molar-refractivity contribution in [1.29, 1.82) is 0 Å². The highest BCUT2D eigenvalue weighted by Gasteiger charge is 2.46. The van der Waals surface area contributed by atoms with Crippen molar-refractivity contribution in [2.75, 3.05) is 47.7 Å². The Morgan fingerprint density at radius 2 is 0.779 bits per heavy atom. The van der Waals surface area contributed by atoms with Crippen LogP contribution >= 0.6 is 0 Å². The van der Waals surface area contributed by atoms with Gasteiger partial charge in [-0.3, -0.25) is 19.2 Å². The summed E-state index contributed by atoms with van der Waals surface area (Å²) in [5.41, 5.74) is 0.900. The van der Waals surface area contributed by atoms with Gasteiger partial charge in [-0.05, 0) is 71.6 Å². The van der Waals surface area contributed by atoms with Crippen molar-refractivity contribution in [2.24, 2.45) is 0 Å². The van der Waals surface area contributed by atoms with Gasteiger partial charge < -0.3 is 50.4 Å². The van der Waals surface area contributed by atoms with Gasteiger partial charge in [0.25, 0.3) is 0 Å². The maximum atomic E-state index is 15.0. The minimum Gasteiger partial charge on any atom is -0.851 e. The van der Waals surface area contributed by atoms with E-state index in [2.05, 4.69) is 49.0 Å². The first-order valence-corrected chi connectivity index (χ1v) is 25.1. The van der Waals surface area contributed by atoms with Crippen LogP contribution in [0.15, 0.2) is 60.7 Å². The number of unbranched alkanes of at least 4 members (excludes halogenated alkanes) is 8. The molecule has 1 fully saturated rings. The molecule has 0 aromatic heterocycles. The Morgan fingerprint density at radius 1 is 0.456 bits per heavy atom. The SMILES string of the molecule is CCCCCC(=O)OCC1(COC(=O)CCCCC)Nc2cccc3ccc(C4C([O-])C(c5ccc6cccc7c6c5NC(COC(=O)CCCCC)(COC(=O)CCCCC)N7)C4[O-])c(c23)N1. The monoisotopic (exact) mass is 935 g/mol. The molecule has 0 saturated heterocycles. The number of hydrogen-bond donors (Lipinski definition) is 4. The lowest BCUT2D eigenvalue weighted by molar-refractivity contribution is -0.535. The van der Waals surface area contributed by atoms with Crippen LogP contribution in [0.5, 0.6) is 0 Å². The number of benzene rings is 4. The largest absolute Gasteiger partial charge is 0.851 e. The van der Waals surface area contributed by atoms with Crippen LogP contribution in [0.1, 0.15) is 153 Å². The molecule has 14 nitrogen and oxygen atoms in total. The van der Waals surface area contributed by atoms with Crippen molar-refractivity contribution in [3.63, 3.8) is 0 Å². The Bertz CT molecular complexity index is 2180. The molecule has 7 rings (SSSR count). The van der Waals surface area contributed by atoms with Gasteiger partial charge in [-0.2, -0.15) is 0 Å². The molecule has 0 amide bonds. The third-order valence-corrected chi connectivity index (χ3v) is 13.6. The Balaban J connectivity index is 1.20. The lowest BCUT2D eigenvalue weighted by atomic mass is 9.62. The Hall–Kier alpha value is -5.60. The van der Waals surface area contributed by atoms with Gasteiger partial charge in [-0.15, -0.1) is 12.2 Å². The Kier molecular flexibility index (Phi) is 17.1. The van der Waals surface area contributed by atoms with Crippen LogP contribution < -0.4 is 31.5 Å². The highest BCUT2D eigenvalue weighted by molar-refractivity contribution is 6.08. The van der Waals surface area contributed by atoms with E-state index in [1.54, 1.807) is 0 Å². The fourth-order valence-electron chi connectivity index (χ4n) is 9.82. The van der Waals surface area contributed by atoms with E-state index in [0.717, 1.165) is 72.9 Å². The van der Waals surface area contributed by atoms with E-state index in [9.17, 15) is 29.4 Å². The average Bonchev–Trinajstić information content (AvgIpc) is 3.33. The highest BCUT2D eigenvalue weighted by Crippen LogP contribution is 2.54. The standard InChI is InChI=1S/C54H70N4O10/c1-5-9-13-23-41(59)65-31-53(32-66-42(60)24-14-10-6-2)55-39-21-17-19-35-27-29-37(49(57-53)45(35)39)47-51(63)48(52(47)64)38-30-28-36-20-18-22-40-46(36)50(38)58-54(56-40,33-67-43(61)25-15-11-7-3)34-68-44(62)26-16-12-8-4/h17-22,27-30,47-48,51-52,55-58H,5-16,23-26,31-34H2,1-4H3/q-2. The van der Waals surface area contributed by atoms with Gasteiger partial charge in [-0.25, -0.2) is 0 Å². The summed E-state index contributed by atoms with van der Waals surface area (Å²) in [6.07, 6.45) is 8.30. The normalized spacial score (nSPS) is 19.4. The molecule has 0 atom stereocenters. The second kappa shape index (κ2) is 23.1. The first kappa shape index (κ1) is 50.3. The third-order valence-electron chi connectivity index (χ3n) is 13.6. The van der Waals surface area contributed by atoms with Gasteiger partial charge in [0.05, 0.1) is 0 Å². The van der Waals surface area contributed by atoms with Crippen LogP contribution in [-0.4, -0.2) is 73.8 Å². The van der Waals surface area contributed by atoms with Crippen molar-refractivity contribution in [3.8, 4) is 0 Å². The molecule has 4 N–H and O–H groups in total. The molecular weight excluding hydrogens is 865 g/mol. The van der Waals surface area contributed by atoms with Crippen LogP contribution in [0.25, 0.3) is 21.5 Å². The van der Waals surface area contributed by atoms with Crippen LogP contribution in [0, 0.1) is 0 Å². The van der Waals surface area contributed by atoms with E-state index in [1.807, 2.05) is 60.7 Å². The zero-order valence-corrected chi connectivity index (χ0v) is 40.3. The number of nitrogens with one attached hydrogen (secondary N) is 4. The van der Waals surface area contributed by atoms with Gasteiger partial charge in [0.1, 0.15) is 26.4 Å². The molecule has 0 radical (unpaired) electrons. The van der Waals surface area contributed by atoms with E-state index in [4.69, 9.17) is 18.9 Å². The Labute approximate surface area is 400 Å². The summed E-state index contributed by atoms with van der Waals surface area (Å²) in [6, 6.07) is 18.9. The summed E-state index contributed by atoms with van der Waals surface area (Å²) in [6.45, 7) is 7.49. The zero-order valence-electron chi connectivity index (χ0n) is 40.3. The number of hydrogen-bond acceptors (Lipinski definition) is 14. The number of anilines is 4. The number of carbonyl (C=O) groups excluding carboxylic acids is 4. The van der Waals surface area contributed by atoms with Crippen molar-refractivity contribution in [2.45, 2.75) is 166 Å². The van der Waals surface area contributed by atoms with Crippen molar-refractivity contribution < 1.29 is 48.3 Å². The predicted molar refractivity (Wildman–Crippen MR) is 261 cm³/mol. The molecule has 4 aromatic rings. The topological polar surface area (TPSA) is 199 Å². The minimum atomic E-state index is -1.39. The summed E-state index contributed by atoms with van der Waals surface area (Å²) >= 11 is 0. The summed E-state index contributed by atoms with van der Waals surface area (Å²) in [5, 5.41) is 47.3. The fourth-order valence-corrected chi connectivity index (χ4v) is 9.82. The number of carbonyl (C=O) groups is 4. The molecule has 14 heteroatoms. The summed E-state index contributed by atoms with van der Waals surface area (Å²) in [4.78, 5) is 52.2. The first-order chi connectivity index (χ1) is 33.0. The molecule has 2 heterocycles. The van der Waals surface area contributed by atoms with Gasteiger partial charge in [0.15, 0.2) is 11.3 Å². The highest BCUT2D eigenvalue weighted by atomic mass is 16.6. The van der Waals surface area contributed by atoms with Gasteiger partial charge in [0, 0.05) is 59.2 Å². The van der Waals surface area contributed by atoms with Crippen LogP contribution in [-0.2, 0) is 38.1 Å². The van der Waals surface area contributed by atoms with E-state index >= 15 is 0 Å². The average molecular weight is 935 g/mol. The lowest BCUT2D eigenvalue weighted by Crippen LogP contribution is -2.64. The van der Waals surface area contributed by atoms with Crippen molar-refractivity contribution in [1.82, 2.24) is 0 Å². The van der Waals surface area contributed by atoms with Crippen molar-refractivity contribution >= 4 is 68.2 Å². The van der Waals surface area contributed by atoms with Gasteiger partial charge >= 0.3 is 23.9 Å². The molecule has 2 aliphatic heterocycles. The number of rotatable bonds is 26. The predicted octanol–water partition coefficient (Wildman–Crippen LogP) is 8.89. The van der Waals surface area contributed by atoms with Gasteiger partial charge in [0.2, 0.25) is 0 Å². The molecular formula is C54H70N4O10-2. The third kappa shape index (κ3) is 11.5. The molecule has 3 aliphatic rings. The molecule has 1 aliphatic carbocycles. The van der Waals surface area contributed by atoms with E-state index < -0.39 is 35.4 Å². The molecule has 68 heavy (non-hydrogen) atoms. The molecule has 368 valence electrons. The summed E-state index contributed by atoms with van der Waals surface area (Å²) < 4.78 is 23.5. The Morgan fingerprint density at radius 3 is 1.09 bits per heavy atom. The summed E-state index contributed by atoms with van der Waals surface area (Å²) in [5.74, 6) is -3.47. The maximum absolute atomic E-state index is 15.0. The molecule has 1 saturated carbocycles. The quantitative estimate of drug-likeness (QED) is 0.0264. The smallest absolute Gasteiger partial charge is 0.305 e. The van der Waals surface area contributed by atoms with Crippen molar-refractivity contribution in [3.05, 3.63) is 71.8 Å². The second-order valence-electron chi connectivity index (χ2n) is 19.0. The maximum Gasteiger partial charge on any atom is 0.305 e. The minimum absolute atomic E-state index is 0.189. The first-order valence-electron chi connectivity index (χ1n) is 25.1. The van der Waals surface area contributed by atoms with E-state index in [1.165, 1.54) is 0 Å². The lowest BCUT2D eigenvalue weighted by Gasteiger charge is -2.62. The number of ether oxygens (including phenoxy) is 4. The van der Waals surface area contributed by atoms with E-state index in [0.29, 0.717) is 59.6 Å². The van der Waals surface area contributed by atoms with Gasteiger partial charge in [-0.1, -0.05) is 128 Å². The molecule has 0 spiro atoms. The van der Waals surface area contributed by atoms with E-state index in [-0.39, 0.29) is 76.0 Å². The van der Waals surface area contributed by atoms with Crippen LogP contribution in [0.4, 0.5) is 22.7 Å².